The number of aryl methyl sites for hydroxylation is 4. The number of thioether (sulfide) groups is 4. The second-order valence-corrected chi connectivity index (χ2v) is 31.7. The highest BCUT2D eigenvalue weighted by atomic mass is 79.9. The summed E-state index contributed by atoms with van der Waals surface area (Å²) in [6.45, 7) is 10.6. The molecule has 0 unspecified atom stereocenters. The number of thiocarbonyl (C=S) groups is 4. The number of amides is 8. The number of nitrogens with zero attached hydrogens (tertiary/aromatic N) is 10. The molecule has 0 spiro atoms. The standard InChI is InChI=1S/C67H77BrN14O14S8/c1-39-30-46(58(89)75-22-26-101-64(75)97)43(5)56(87)79(39)34-50(83)69-12-16-73(17-13-70-51(84)35-80-40(2)31-47(44(6)57(80)88)59(90)76-23-27-102-65(76)98)20-21-74(19-15-72-53(86)37-82-42(4)33-49(55(96-68)63(82)94)61(92)78-25-29-104-67(78)100)18-14-71-52(85)36-81-41(3)32-48(60(91)77-24-28-103-66(77)99)54(62(81)93)95-38-45-10-8-7-9-11-45/h7-11,30-33H,12-29,34-38H2,1-6H3,(H,69,83)(H,70,84)(H,71,85)(H,72,86). The quantitative estimate of drug-likeness (QED) is 0.0461. The number of aromatic nitrogens is 4. The predicted molar refractivity (Wildman–Crippen MR) is 421 cm³/mol. The summed E-state index contributed by atoms with van der Waals surface area (Å²) in [7, 11) is 0. The molecular weight excluding hydrogens is 1560 g/mol. The van der Waals surface area contributed by atoms with E-state index in [1.807, 2.05) is 40.1 Å². The number of rotatable bonds is 31. The van der Waals surface area contributed by atoms with E-state index in [0.29, 0.717) is 89.2 Å². The molecule has 104 heavy (non-hydrogen) atoms. The first-order valence-electron chi connectivity index (χ1n) is 33.0. The second-order valence-electron chi connectivity index (χ2n) is 24.5. The fourth-order valence-electron chi connectivity index (χ4n) is 11.8. The zero-order valence-electron chi connectivity index (χ0n) is 57.8. The van der Waals surface area contributed by atoms with Crippen LogP contribution in [0.5, 0.6) is 11.5 Å². The molecule has 28 nitrogen and oxygen atoms in total. The van der Waals surface area contributed by atoms with E-state index in [-0.39, 0.29) is 130 Å². The first-order chi connectivity index (χ1) is 49.7. The lowest BCUT2D eigenvalue weighted by Gasteiger charge is -2.28. The molecule has 9 rings (SSSR count). The van der Waals surface area contributed by atoms with Crippen molar-refractivity contribution in [2.75, 3.05) is 115 Å². The van der Waals surface area contributed by atoms with Gasteiger partial charge < -0.3 is 48.1 Å². The van der Waals surface area contributed by atoms with Gasteiger partial charge in [-0.25, -0.2) is 0 Å². The van der Waals surface area contributed by atoms with Crippen LogP contribution in [0.25, 0.3) is 0 Å². The van der Waals surface area contributed by atoms with Crippen LogP contribution in [0.4, 0.5) is 0 Å². The average molecular weight is 1640 g/mol. The summed E-state index contributed by atoms with van der Waals surface area (Å²) in [5, 5.41) is 11.6. The van der Waals surface area contributed by atoms with Crippen LogP contribution in [0.3, 0.4) is 0 Å². The first-order valence-corrected chi connectivity index (χ1v) is 39.2. The van der Waals surface area contributed by atoms with Crippen molar-refractivity contribution in [3.8, 4) is 11.5 Å². The Kier molecular flexibility index (Phi) is 28.8. The van der Waals surface area contributed by atoms with E-state index in [1.54, 1.807) is 39.8 Å². The molecule has 37 heteroatoms. The van der Waals surface area contributed by atoms with Crippen molar-refractivity contribution in [1.82, 2.24) is 68.9 Å². The van der Waals surface area contributed by atoms with Gasteiger partial charge in [0, 0.05) is 149 Å². The summed E-state index contributed by atoms with van der Waals surface area (Å²) in [5.41, 5.74) is 0.252. The zero-order valence-corrected chi connectivity index (χ0v) is 65.9. The van der Waals surface area contributed by atoms with Crippen LogP contribution in [0.15, 0.2) is 73.8 Å². The number of pyridine rings is 4. The summed E-state index contributed by atoms with van der Waals surface area (Å²) in [6.07, 6.45) is 0. The SMILES string of the molecule is Cc1c(C(=O)N2CCSC2=S)cc(C)n(CC(=O)NCCN(CCNC(=O)Cn2c(C)cc(C(=O)N3CCSC3=S)c(C)c2=O)CCN(CCNC(=O)Cn2c(C)cc(C(=O)N3CCSC3=S)c(OBr)c2=O)CCNC(=O)Cn2c(C)cc(C(=O)N3CCSC3=S)c(OCc3ccccc3)c2=O)c1=O. The van der Waals surface area contributed by atoms with Crippen LogP contribution in [0.2, 0.25) is 0 Å². The number of ether oxygens (including phenoxy) is 1. The van der Waals surface area contributed by atoms with Crippen molar-refractivity contribution in [3.63, 3.8) is 0 Å². The molecule has 5 aromatic rings. The van der Waals surface area contributed by atoms with Crippen molar-refractivity contribution in [2.45, 2.75) is 74.3 Å². The molecule has 4 aliphatic heterocycles. The Morgan fingerprint density at radius 1 is 0.423 bits per heavy atom. The number of halogens is 1. The van der Waals surface area contributed by atoms with Gasteiger partial charge in [0.2, 0.25) is 29.4 Å². The molecule has 0 radical (unpaired) electrons. The third kappa shape index (κ3) is 19.8. The highest BCUT2D eigenvalue weighted by molar-refractivity contribution is 9.06. The number of benzene rings is 1. The molecule has 4 aromatic heterocycles. The molecule has 1 aromatic carbocycles. The minimum atomic E-state index is -0.750. The number of carbonyl (C=O) groups is 8. The fourth-order valence-corrected chi connectivity index (χ4v) is 16.9. The third-order valence-corrected chi connectivity index (χ3v) is 23.6. The maximum atomic E-state index is 14.4. The Balaban J connectivity index is 0.923. The van der Waals surface area contributed by atoms with Crippen LogP contribution in [-0.2, 0) is 52.0 Å². The van der Waals surface area contributed by atoms with Crippen molar-refractivity contribution in [1.29, 1.82) is 0 Å². The van der Waals surface area contributed by atoms with E-state index in [9.17, 15) is 57.5 Å². The Morgan fingerprint density at radius 3 is 1.02 bits per heavy atom. The molecule has 8 amide bonds. The summed E-state index contributed by atoms with van der Waals surface area (Å²) in [4.78, 5) is 175. The second kappa shape index (κ2) is 37.2. The number of hydrogen-bond donors (Lipinski definition) is 4. The van der Waals surface area contributed by atoms with Crippen molar-refractivity contribution >= 4 is 177 Å². The van der Waals surface area contributed by atoms with Crippen molar-refractivity contribution in [2.24, 2.45) is 0 Å². The number of hydrogen-bond acceptors (Lipinski definition) is 24. The topological polar surface area (TPSA) is 311 Å². The lowest BCUT2D eigenvalue weighted by Crippen LogP contribution is -2.47. The van der Waals surface area contributed by atoms with Gasteiger partial charge in [-0.2, -0.15) is 0 Å². The number of nitrogens with one attached hydrogen (secondary N) is 4. The monoisotopic (exact) mass is 1640 g/mol. The van der Waals surface area contributed by atoms with Gasteiger partial charge in [0.1, 0.15) is 50.1 Å². The van der Waals surface area contributed by atoms with Gasteiger partial charge in [0.15, 0.2) is 22.0 Å². The van der Waals surface area contributed by atoms with E-state index in [4.69, 9.17) is 57.4 Å². The molecule has 4 N–H and O–H groups in total. The van der Waals surface area contributed by atoms with Crippen molar-refractivity contribution in [3.05, 3.63) is 158 Å². The summed E-state index contributed by atoms with van der Waals surface area (Å²) < 4.78 is 17.9. The van der Waals surface area contributed by atoms with Crippen LogP contribution in [0, 0.1) is 41.5 Å². The van der Waals surface area contributed by atoms with Gasteiger partial charge in [0.25, 0.3) is 45.9 Å². The van der Waals surface area contributed by atoms with E-state index in [1.165, 1.54) is 106 Å². The third-order valence-electron chi connectivity index (χ3n) is 17.6. The van der Waals surface area contributed by atoms with E-state index in [2.05, 4.69) is 37.5 Å². The smallest absolute Gasteiger partial charge is 0.295 e. The molecule has 0 saturated carbocycles. The summed E-state index contributed by atoms with van der Waals surface area (Å²) in [5.74, 6) is -2.08. The van der Waals surface area contributed by atoms with Gasteiger partial charge in [-0.15, -0.1) is 0 Å². The molecule has 0 atom stereocenters. The van der Waals surface area contributed by atoms with Crippen LogP contribution in [-0.4, -0.2) is 227 Å². The fraction of sp³-hybridized carbons (Fsp3) is 0.433. The van der Waals surface area contributed by atoms with Crippen LogP contribution >= 0.6 is 112 Å². The van der Waals surface area contributed by atoms with Gasteiger partial charge >= 0.3 is 0 Å². The summed E-state index contributed by atoms with van der Waals surface area (Å²) >= 11 is 29.9. The lowest BCUT2D eigenvalue weighted by molar-refractivity contribution is -0.122. The summed E-state index contributed by atoms with van der Waals surface area (Å²) in [6, 6.07) is 15.2. The van der Waals surface area contributed by atoms with Gasteiger partial charge in [-0.05, 0) is 71.4 Å². The zero-order chi connectivity index (χ0) is 75.2. The van der Waals surface area contributed by atoms with Gasteiger partial charge in [0.05, 0.1) is 22.3 Å². The molecule has 4 fully saturated rings. The minimum Gasteiger partial charge on any atom is -0.482 e. The van der Waals surface area contributed by atoms with Crippen LogP contribution < -0.4 is 52.1 Å². The van der Waals surface area contributed by atoms with E-state index >= 15 is 0 Å². The highest BCUT2D eigenvalue weighted by Gasteiger charge is 2.34. The molecule has 4 saturated heterocycles. The Hall–Kier alpha value is -7.46. The normalized spacial score (nSPS) is 14.5. The lowest BCUT2D eigenvalue weighted by atomic mass is 10.1. The molecule has 8 heterocycles. The molecule has 0 aliphatic carbocycles. The largest absolute Gasteiger partial charge is 0.482 e. The van der Waals surface area contributed by atoms with E-state index in [0.717, 1.165) is 10.1 Å². The highest BCUT2D eigenvalue weighted by Crippen LogP contribution is 2.28. The molecule has 4 aliphatic rings. The molecule has 0 bridgehead atoms. The average Bonchev–Trinajstić information content (AvgIpc) is 1.10. The van der Waals surface area contributed by atoms with Crippen molar-refractivity contribution < 1.29 is 46.9 Å². The maximum absolute atomic E-state index is 14.4. The van der Waals surface area contributed by atoms with E-state index < -0.39 is 82.6 Å². The van der Waals surface area contributed by atoms with Gasteiger partial charge in [-0.1, -0.05) is 126 Å². The number of carbonyl (C=O) groups excluding carboxylic acids is 8. The Bertz CT molecular complexity index is 4410. The predicted octanol–water partition coefficient (Wildman–Crippen LogP) is 3.52. The maximum Gasteiger partial charge on any atom is 0.295 e. The minimum absolute atomic E-state index is 0.00124. The molecule has 554 valence electrons. The first kappa shape index (κ1) is 80.6. The Morgan fingerprint density at radius 2 is 0.712 bits per heavy atom. The van der Waals surface area contributed by atoms with Crippen LogP contribution in [0.1, 0.15) is 80.9 Å². The van der Waals surface area contributed by atoms with Gasteiger partial charge in [-0.3, -0.25) is 86.9 Å². The molecular formula is C67H77BrN14O14S8. The Labute approximate surface area is 645 Å².